The Balaban J connectivity index is 1.82. The lowest BCUT2D eigenvalue weighted by Crippen LogP contribution is -2.60. The van der Waals surface area contributed by atoms with Gasteiger partial charge in [0.15, 0.2) is 5.78 Å². The van der Waals surface area contributed by atoms with Crippen molar-refractivity contribution in [2.24, 2.45) is 5.92 Å². The Kier molecular flexibility index (Phi) is 3.39. The fourth-order valence-electron chi connectivity index (χ4n) is 4.84. The molecule has 1 saturated carbocycles. The van der Waals surface area contributed by atoms with Crippen molar-refractivity contribution in [1.29, 1.82) is 0 Å². The molecular weight excluding hydrogens is 408 g/mol. The van der Waals surface area contributed by atoms with Crippen LogP contribution in [-0.4, -0.2) is 17.4 Å². The maximum absolute atomic E-state index is 12.9. The van der Waals surface area contributed by atoms with E-state index in [2.05, 4.69) is 15.9 Å². The maximum atomic E-state index is 12.9. The van der Waals surface area contributed by atoms with Gasteiger partial charge in [0.2, 0.25) is 0 Å². The van der Waals surface area contributed by atoms with Crippen LogP contribution in [0.25, 0.3) is 0 Å². The fraction of sp³-hybridized carbons (Fsp3) is 0.474. The monoisotopic (exact) mass is 422 g/mol. The fourth-order valence-corrected chi connectivity index (χ4v) is 5.76. The summed E-state index contributed by atoms with van der Waals surface area (Å²) in [5.41, 5.74) is 1.49. The Morgan fingerprint density at radius 1 is 1.12 bits per heavy atom. The number of fused-ring (bicyclic) bond motifs is 3. The minimum Gasteiger partial charge on any atom is -0.455 e. The highest BCUT2D eigenvalue weighted by molar-refractivity contribution is 9.10. The molecule has 2 aliphatic heterocycles. The molecule has 6 heteroatoms. The van der Waals surface area contributed by atoms with Crippen molar-refractivity contribution in [3.8, 4) is 5.75 Å². The molecule has 0 spiro atoms. The number of carbonyl (C=O) groups excluding carboxylic acids is 2. The quantitative estimate of drug-likeness (QED) is 0.608. The van der Waals surface area contributed by atoms with E-state index in [-0.39, 0.29) is 17.5 Å². The summed E-state index contributed by atoms with van der Waals surface area (Å²) in [5, 5.41) is 0.557. The van der Waals surface area contributed by atoms with Crippen molar-refractivity contribution >= 4 is 39.1 Å². The number of hydrogen-bond acceptors (Lipinski definition) is 4. The number of Topliss-reactive ketones (excluding diaryl/α,β-unsaturated/α-hetero) is 2. The van der Waals surface area contributed by atoms with Crippen LogP contribution in [0.15, 0.2) is 27.9 Å². The van der Waals surface area contributed by atoms with Gasteiger partial charge in [-0.15, -0.1) is 0 Å². The first kappa shape index (κ1) is 15.9. The summed E-state index contributed by atoms with van der Waals surface area (Å²) in [6.45, 7) is 0. The van der Waals surface area contributed by atoms with E-state index < -0.39 is 11.7 Å². The molecule has 130 valence electrons. The van der Waals surface area contributed by atoms with Gasteiger partial charge in [-0.3, -0.25) is 9.59 Å². The third kappa shape index (κ3) is 2.12. The molecule has 0 radical (unpaired) electrons. The van der Waals surface area contributed by atoms with Crippen molar-refractivity contribution in [3.05, 3.63) is 38.5 Å². The van der Waals surface area contributed by atoms with Crippen LogP contribution in [0.4, 0.5) is 0 Å². The van der Waals surface area contributed by atoms with Crippen LogP contribution in [0.3, 0.4) is 0 Å². The summed E-state index contributed by atoms with van der Waals surface area (Å²) in [5.74, 6) is -0.216. The highest BCUT2D eigenvalue weighted by Crippen LogP contribution is 2.60. The van der Waals surface area contributed by atoms with Crippen LogP contribution in [0.2, 0.25) is 5.02 Å². The van der Waals surface area contributed by atoms with Crippen molar-refractivity contribution in [2.45, 2.75) is 50.2 Å². The van der Waals surface area contributed by atoms with Crippen LogP contribution < -0.4 is 4.74 Å². The van der Waals surface area contributed by atoms with E-state index in [4.69, 9.17) is 21.1 Å². The average molecular weight is 424 g/mol. The number of rotatable bonds is 0. The molecule has 0 unspecified atom stereocenters. The van der Waals surface area contributed by atoms with Gasteiger partial charge in [0.25, 0.3) is 5.79 Å². The molecule has 1 aromatic carbocycles. The maximum Gasteiger partial charge on any atom is 0.261 e. The number of ketones is 2. The van der Waals surface area contributed by atoms with Gasteiger partial charge in [-0.05, 0) is 40.9 Å². The second-order valence-electron chi connectivity index (χ2n) is 7.21. The Hall–Kier alpha value is -1.33. The normalized spacial score (nSPS) is 33.0. The summed E-state index contributed by atoms with van der Waals surface area (Å²) in [6.07, 6.45) is 3.90. The first-order valence-corrected chi connectivity index (χ1v) is 9.83. The molecule has 4 aliphatic rings. The molecule has 0 aromatic heterocycles. The zero-order chi connectivity index (χ0) is 17.3. The summed E-state index contributed by atoms with van der Waals surface area (Å²) < 4.78 is 13.4. The third-order valence-corrected chi connectivity index (χ3v) is 6.57. The average Bonchev–Trinajstić information content (AvgIpc) is 2.55. The molecule has 0 N–H and O–H groups in total. The topological polar surface area (TPSA) is 52.6 Å². The van der Waals surface area contributed by atoms with Crippen LogP contribution in [0.1, 0.15) is 50.0 Å². The molecule has 0 saturated heterocycles. The van der Waals surface area contributed by atoms with Crippen molar-refractivity contribution in [2.75, 3.05) is 0 Å². The largest absolute Gasteiger partial charge is 0.455 e. The van der Waals surface area contributed by atoms with Crippen molar-refractivity contribution in [3.63, 3.8) is 0 Å². The van der Waals surface area contributed by atoms with Gasteiger partial charge in [-0.2, -0.15) is 0 Å². The van der Waals surface area contributed by atoms with Gasteiger partial charge in [0, 0.05) is 47.8 Å². The Morgan fingerprint density at radius 3 is 2.80 bits per heavy atom. The lowest BCUT2D eigenvalue weighted by Gasteiger charge is -2.54. The van der Waals surface area contributed by atoms with Gasteiger partial charge in [-0.1, -0.05) is 11.6 Å². The van der Waals surface area contributed by atoms with Crippen molar-refractivity contribution < 1.29 is 19.1 Å². The molecule has 5 rings (SSSR count). The van der Waals surface area contributed by atoms with E-state index in [0.717, 1.165) is 29.3 Å². The molecule has 2 aliphatic carbocycles. The standard InChI is InChI=1S/C19H16BrClO4/c20-11-8-9(21)7-10-15-16-12(22)3-1-5-14(16)24-19(25-18(10)11)6-2-4-13(23)17(15)19/h7-8,15,17H,1-6H2/t15-,17-,19-/m0/s1. The molecule has 1 fully saturated rings. The summed E-state index contributed by atoms with van der Waals surface area (Å²) >= 11 is 9.80. The van der Waals surface area contributed by atoms with Gasteiger partial charge < -0.3 is 9.47 Å². The van der Waals surface area contributed by atoms with Gasteiger partial charge in [-0.25, -0.2) is 0 Å². The predicted octanol–water partition coefficient (Wildman–Crippen LogP) is 4.68. The zero-order valence-electron chi connectivity index (χ0n) is 13.4. The molecule has 0 amide bonds. The lowest BCUT2D eigenvalue weighted by molar-refractivity contribution is -0.228. The minimum atomic E-state index is -0.986. The smallest absolute Gasteiger partial charge is 0.261 e. The number of ether oxygens (including phenoxy) is 2. The van der Waals surface area contributed by atoms with E-state index in [1.165, 1.54) is 0 Å². The lowest BCUT2D eigenvalue weighted by atomic mass is 9.64. The molecule has 2 heterocycles. The Bertz CT molecular complexity index is 861. The molecule has 4 nitrogen and oxygen atoms in total. The molecule has 25 heavy (non-hydrogen) atoms. The number of hydrogen-bond donors (Lipinski definition) is 0. The molecule has 1 aromatic rings. The second-order valence-corrected chi connectivity index (χ2v) is 8.50. The van der Waals surface area contributed by atoms with E-state index >= 15 is 0 Å². The second kappa shape index (κ2) is 5.34. The predicted molar refractivity (Wildman–Crippen MR) is 94.6 cm³/mol. The minimum absolute atomic E-state index is 0.0853. The highest BCUT2D eigenvalue weighted by Gasteiger charge is 2.62. The first-order chi connectivity index (χ1) is 12.0. The van der Waals surface area contributed by atoms with Gasteiger partial charge in [0.05, 0.1) is 4.47 Å². The van der Waals surface area contributed by atoms with Crippen LogP contribution in [0.5, 0.6) is 5.75 Å². The van der Waals surface area contributed by atoms with Crippen LogP contribution in [0, 0.1) is 5.92 Å². The van der Waals surface area contributed by atoms with Crippen molar-refractivity contribution in [1.82, 2.24) is 0 Å². The number of allylic oxidation sites excluding steroid dienone is 2. The van der Waals surface area contributed by atoms with E-state index in [1.54, 1.807) is 6.07 Å². The number of halogens is 2. The number of carbonyl (C=O) groups is 2. The first-order valence-electron chi connectivity index (χ1n) is 8.66. The Morgan fingerprint density at radius 2 is 1.96 bits per heavy atom. The number of benzene rings is 1. The third-order valence-electron chi connectivity index (χ3n) is 5.76. The van der Waals surface area contributed by atoms with E-state index in [1.807, 2.05) is 6.07 Å². The molecular formula is C19H16BrClO4. The van der Waals surface area contributed by atoms with Crippen LogP contribution in [-0.2, 0) is 14.3 Å². The SMILES string of the molecule is O=C1CCCC2=C1[C@@H]1c3cc(Cl)cc(Br)c3O[C@]3(CCCC(=O)[C@@H]13)O2. The zero-order valence-corrected chi connectivity index (χ0v) is 15.8. The van der Waals surface area contributed by atoms with E-state index in [9.17, 15) is 9.59 Å². The Labute approximate surface area is 158 Å². The van der Waals surface area contributed by atoms with Gasteiger partial charge in [0.1, 0.15) is 23.2 Å². The van der Waals surface area contributed by atoms with Crippen LogP contribution >= 0.6 is 27.5 Å². The van der Waals surface area contributed by atoms with E-state index in [0.29, 0.717) is 41.4 Å². The molecule has 3 atom stereocenters. The highest BCUT2D eigenvalue weighted by atomic mass is 79.9. The summed E-state index contributed by atoms with van der Waals surface area (Å²) in [6, 6.07) is 3.60. The summed E-state index contributed by atoms with van der Waals surface area (Å²) in [4.78, 5) is 25.6. The summed E-state index contributed by atoms with van der Waals surface area (Å²) in [7, 11) is 0. The van der Waals surface area contributed by atoms with Gasteiger partial charge >= 0.3 is 0 Å². The molecule has 2 bridgehead atoms.